The molecule has 0 saturated heterocycles. The van der Waals surface area contributed by atoms with Gasteiger partial charge in [-0.05, 0) is 41.9 Å². The van der Waals surface area contributed by atoms with Crippen LogP contribution in [0.4, 0.5) is 10.1 Å². The molecule has 0 saturated carbocycles. The Balaban J connectivity index is 2.06. The van der Waals surface area contributed by atoms with Crippen molar-refractivity contribution in [2.45, 2.75) is 27.3 Å². The van der Waals surface area contributed by atoms with E-state index in [2.05, 4.69) is 26.3 Å². The number of carbonyl (C=O) groups excluding carboxylic acids is 1. The molecule has 0 fully saturated rings. The molecule has 1 amide bonds. The molecule has 0 radical (unpaired) electrons. The number of benzene rings is 1. The van der Waals surface area contributed by atoms with Crippen LogP contribution in [0.1, 0.15) is 18.3 Å². The molecule has 1 aromatic carbocycles. The van der Waals surface area contributed by atoms with Gasteiger partial charge in [0.2, 0.25) is 5.91 Å². The SMILES string of the molecule is Cc1nn(C[C@H](C)C(=O)Nc2ccccc2F)c(C)c1Br. The summed E-state index contributed by atoms with van der Waals surface area (Å²) < 4.78 is 16.3. The first kappa shape index (κ1) is 15.7. The largest absolute Gasteiger partial charge is 0.323 e. The molecule has 0 unspecified atom stereocenters. The summed E-state index contributed by atoms with van der Waals surface area (Å²) in [5.74, 6) is -0.995. The van der Waals surface area contributed by atoms with Crippen molar-refractivity contribution in [2.24, 2.45) is 5.92 Å². The number of para-hydroxylation sites is 1. The number of anilines is 1. The highest BCUT2D eigenvalue weighted by Gasteiger charge is 2.18. The first-order chi connectivity index (χ1) is 9.90. The van der Waals surface area contributed by atoms with E-state index < -0.39 is 5.82 Å². The summed E-state index contributed by atoms with van der Waals surface area (Å²) in [7, 11) is 0. The zero-order valence-corrected chi connectivity index (χ0v) is 13.7. The Bertz CT molecular complexity index is 669. The van der Waals surface area contributed by atoms with Crippen molar-refractivity contribution in [3.63, 3.8) is 0 Å². The Morgan fingerprint density at radius 1 is 1.43 bits per heavy atom. The summed E-state index contributed by atoms with van der Waals surface area (Å²) >= 11 is 3.46. The highest BCUT2D eigenvalue weighted by atomic mass is 79.9. The molecule has 0 aliphatic rings. The summed E-state index contributed by atoms with van der Waals surface area (Å²) in [4.78, 5) is 12.1. The number of nitrogens with one attached hydrogen (secondary N) is 1. The van der Waals surface area contributed by atoms with Gasteiger partial charge in [0.15, 0.2) is 0 Å². The van der Waals surface area contributed by atoms with Crippen molar-refractivity contribution in [1.29, 1.82) is 0 Å². The molecule has 0 aliphatic carbocycles. The minimum absolute atomic E-state index is 0.198. The van der Waals surface area contributed by atoms with Crippen LogP contribution in [0.15, 0.2) is 28.7 Å². The number of hydrogen-bond acceptors (Lipinski definition) is 2. The molecular formula is C15H17BrFN3O. The average Bonchev–Trinajstić information content (AvgIpc) is 2.68. The van der Waals surface area contributed by atoms with Gasteiger partial charge in [0.1, 0.15) is 5.82 Å². The summed E-state index contributed by atoms with van der Waals surface area (Å²) in [6.07, 6.45) is 0. The highest BCUT2D eigenvalue weighted by molar-refractivity contribution is 9.10. The van der Waals surface area contributed by atoms with E-state index in [4.69, 9.17) is 0 Å². The number of amides is 1. The van der Waals surface area contributed by atoms with Crippen molar-refractivity contribution in [2.75, 3.05) is 5.32 Å². The average molecular weight is 354 g/mol. The molecule has 112 valence electrons. The number of aryl methyl sites for hydroxylation is 1. The summed E-state index contributed by atoms with van der Waals surface area (Å²) in [5.41, 5.74) is 2.05. The molecule has 0 bridgehead atoms. The van der Waals surface area contributed by atoms with Crippen LogP contribution in [0.3, 0.4) is 0 Å². The standard InChI is InChI=1S/C15H17BrFN3O/c1-9(8-20-11(3)14(16)10(2)19-20)15(21)18-13-7-5-4-6-12(13)17/h4-7,9H,8H2,1-3H3,(H,18,21)/t9-/m0/s1. The monoisotopic (exact) mass is 353 g/mol. The van der Waals surface area contributed by atoms with Crippen molar-refractivity contribution < 1.29 is 9.18 Å². The van der Waals surface area contributed by atoms with Crippen LogP contribution < -0.4 is 5.32 Å². The molecule has 2 aromatic rings. The fraction of sp³-hybridized carbons (Fsp3) is 0.333. The van der Waals surface area contributed by atoms with Crippen molar-refractivity contribution in [3.05, 3.63) is 45.9 Å². The second-order valence-corrected chi connectivity index (χ2v) is 5.83. The van der Waals surface area contributed by atoms with Gasteiger partial charge in [-0.3, -0.25) is 9.48 Å². The molecule has 0 aliphatic heterocycles. The van der Waals surface area contributed by atoms with Gasteiger partial charge in [0.25, 0.3) is 0 Å². The number of nitrogens with zero attached hydrogens (tertiary/aromatic N) is 2. The molecular weight excluding hydrogens is 337 g/mol. The van der Waals surface area contributed by atoms with Crippen LogP contribution in [-0.4, -0.2) is 15.7 Å². The highest BCUT2D eigenvalue weighted by Crippen LogP contribution is 2.21. The van der Waals surface area contributed by atoms with E-state index in [-0.39, 0.29) is 17.5 Å². The molecule has 2 rings (SSSR count). The lowest BCUT2D eigenvalue weighted by molar-refractivity contribution is -0.119. The Morgan fingerprint density at radius 2 is 2.10 bits per heavy atom. The smallest absolute Gasteiger partial charge is 0.229 e. The van der Waals surface area contributed by atoms with Crippen molar-refractivity contribution in [1.82, 2.24) is 9.78 Å². The molecule has 1 heterocycles. The summed E-state index contributed by atoms with van der Waals surface area (Å²) in [6.45, 7) is 6.07. The maximum atomic E-state index is 13.5. The predicted octanol–water partition coefficient (Wildman–Crippen LogP) is 3.68. The van der Waals surface area contributed by atoms with Crippen LogP contribution in [0.2, 0.25) is 0 Å². The Hall–Kier alpha value is -1.69. The van der Waals surface area contributed by atoms with Gasteiger partial charge in [-0.1, -0.05) is 19.1 Å². The number of carbonyl (C=O) groups is 1. The van der Waals surface area contributed by atoms with Gasteiger partial charge >= 0.3 is 0 Å². The molecule has 21 heavy (non-hydrogen) atoms. The van der Waals surface area contributed by atoms with E-state index in [0.717, 1.165) is 15.9 Å². The van der Waals surface area contributed by atoms with Gasteiger partial charge in [0, 0.05) is 5.69 Å². The van der Waals surface area contributed by atoms with Crippen LogP contribution in [0.5, 0.6) is 0 Å². The number of halogens is 2. The van der Waals surface area contributed by atoms with Gasteiger partial charge in [-0.25, -0.2) is 4.39 Å². The third kappa shape index (κ3) is 3.50. The maximum Gasteiger partial charge on any atom is 0.229 e. The number of rotatable bonds is 4. The van der Waals surface area contributed by atoms with Gasteiger partial charge in [0.05, 0.1) is 28.3 Å². The Labute approximate surface area is 131 Å². The predicted molar refractivity (Wildman–Crippen MR) is 83.6 cm³/mol. The van der Waals surface area contributed by atoms with E-state index in [9.17, 15) is 9.18 Å². The minimum atomic E-state index is -0.438. The number of aromatic nitrogens is 2. The van der Waals surface area contributed by atoms with E-state index in [1.54, 1.807) is 29.8 Å². The van der Waals surface area contributed by atoms with Crippen molar-refractivity contribution >= 4 is 27.5 Å². The van der Waals surface area contributed by atoms with E-state index in [0.29, 0.717) is 6.54 Å². The van der Waals surface area contributed by atoms with Crippen molar-refractivity contribution in [3.8, 4) is 0 Å². The minimum Gasteiger partial charge on any atom is -0.323 e. The van der Waals surface area contributed by atoms with Gasteiger partial charge in [-0.2, -0.15) is 5.10 Å². The third-order valence-electron chi connectivity index (χ3n) is 3.32. The summed E-state index contributed by atoms with van der Waals surface area (Å²) in [6, 6.07) is 6.13. The van der Waals surface area contributed by atoms with Crippen LogP contribution in [0.25, 0.3) is 0 Å². The van der Waals surface area contributed by atoms with Crippen LogP contribution >= 0.6 is 15.9 Å². The molecule has 0 spiro atoms. The molecule has 1 atom stereocenters. The third-order valence-corrected chi connectivity index (χ3v) is 4.47. The molecule has 1 aromatic heterocycles. The van der Waals surface area contributed by atoms with E-state index in [1.165, 1.54) is 6.07 Å². The maximum absolute atomic E-state index is 13.5. The lowest BCUT2D eigenvalue weighted by Crippen LogP contribution is -2.25. The second kappa shape index (κ2) is 6.39. The topological polar surface area (TPSA) is 46.9 Å². The normalized spacial score (nSPS) is 12.2. The Morgan fingerprint density at radius 3 is 2.67 bits per heavy atom. The van der Waals surface area contributed by atoms with E-state index in [1.807, 2.05) is 13.8 Å². The fourth-order valence-corrected chi connectivity index (χ4v) is 2.30. The van der Waals surface area contributed by atoms with E-state index >= 15 is 0 Å². The zero-order valence-electron chi connectivity index (χ0n) is 12.2. The van der Waals surface area contributed by atoms with Gasteiger partial charge in [-0.15, -0.1) is 0 Å². The van der Waals surface area contributed by atoms with Gasteiger partial charge < -0.3 is 5.32 Å². The first-order valence-electron chi connectivity index (χ1n) is 6.65. The molecule has 1 N–H and O–H groups in total. The second-order valence-electron chi connectivity index (χ2n) is 5.04. The molecule has 6 heteroatoms. The lowest BCUT2D eigenvalue weighted by Gasteiger charge is -2.13. The lowest BCUT2D eigenvalue weighted by atomic mass is 10.1. The Kier molecular flexibility index (Phi) is 4.77. The van der Waals surface area contributed by atoms with Crippen LogP contribution in [-0.2, 0) is 11.3 Å². The fourth-order valence-electron chi connectivity index (χ4n) is 2.01. The number of hydrogen-bond donors (Lipinski definition) is 1. The quantitative estimate of drug-likeness (QED) is 0.911. The first-order valence-corrected chi connectivity index (χ1v) is 7.44. The zero-order chi connectivity index (χ0) is 15.6. The summed E-state index contributed by atoms with van der Waals surface area (Å²) in [5, 5.41) is 6.98. The van der Waals surface area contributed by atoms with Crippen LogP contribution in [0, 0.1) is 25.6 Å². The molecule has 4 nitrogen and oxygen atoms in total.